The predicted octanol–water partition coefficient (Wildman–Crippen LogP) is 4.95. The molecular formula is C28H19BN2O2. The molecule has 0 fully saturated rings. The van der Waals surface area contributed by atoms with Crippen LogP contribution in [0.3, 0.4) is 0 Å². The number of aromatic nitrogens is 2. The second kappa shape index (κ2) is 7.82. The predicted molar refractivity (Wildman–Crippen MR) is 135 cm³/mol. The van der Waals surface area contributed by atoms with E-state index in [0.29, 0.717) is 5.46 Å². The number of para-hydroxylation sites is 1. The van der Waals surface area contributed by atoms with E-state index >= 15 is 0 Å². The Hall–Kier alpha value is -4.06. The lowest BCUT2D eigenvalue weighted by molar-refractivity contribution is 0.426. The minimum Gasteiger partial charge on any atom is -0.423 e. The normalized spacial score (nSPS) is 11.3. The van der Waals surface area contributed by atoms with Crippen LogP contribution in [0.1, 0.15) is 0 Å². The van der Waals surface area contributed by atoms with Crippen molar-refractivity contribution in [2.24, 2.45) is 0 Å². The highest BCUT2D eigenvalue weighted by molar-refractivity contribution is 6.58. The number of rotatable bonds is 3. The van der Waals surface area contributed by atoms with E-state index in [-0.39, 0.29) is 0 Å². The molecule has 2 aromatic heterocycles. The molecule has 0 atom stereocenters. The summed E-state index contributed by atoms with van der Waals surface area (Å²) in [4.78, 5) is 10.1. The molecule has 5 heteroatoms. The summed E-state index contributed by atoms with van der Waals surface area (Å²) < 4.78 is 0. The van der Waals surface area contributed by atoms with Crippen LogP contribution in [0.4, 0.5) is 0 Å². The van der Waals surface area contributed by atoms with Crippen LogP contribution in [0.2, 0.25) is 0 Å². The van der Waals surface area contributed by atoms with Gasteiger partial charge in [0.1, 0.15) is 0 Å². The Kier molecular flexibility index (Phi) is 4.65. The largest absolute Gasteiger partial charge is 0.488 e. The fraction of sp³-hybridized carbons (Fsp3) is 0. The van der Waals surface area contributed by atoms with E-state index in [2.05, 4.69) is 36.4 Å². The summed E-state index contributed by atoms with van der Waals surface area (Å²) in [6, 6.07) is 33.9. The molecule has 6 aromatic rings. The van der Waals surface area contributed by atoms with Gasteiger partial charge in [-0.05, 0) is 23.2 Å². The van der Waals surface area contributed by atoms with Gasteiger partial charge in [-0.2, -0.15) is 0 Å². The van der Waals surface area contributed by atoms with Gasteiger partial charge >= 0.3 is 7.12 Å². The van der Waals surface area contributed by atoms with Crippen LogP contribution < -0.4 is 5.46 Å². The highest BCUT2D eigenvalue weighted by Crippen LogP contribution is 2.37. The Labute approximate surface area is 191 Å². The van der Waals surface area contributed by atoms with Crippen LogP contribution in [0.15, 0.2) is 103 Å². The summed E-state index contributed by atoms with van der Waals surface area (Å²) in [6.07, 6.45) is 0. The zero-order valence-corrected chi connectivity index (χ0v) is 17.7. The minimum absolute atomic E-state index is 0.459. The maximum atomic E-state index is 9.50. The van der Waals surface area contributed by atoms with E-state index in [4.69, 9.17) is 9.97 Å². The topological polar surface area (TPSA) is 66.2 Å². The van der Waals surface area contributed by atoms with Gasteiger partial charge in [-0.25, -0.2) is 9.97 Å². The van der Waals surface area contributed by atoms with Crippen molar-refractivity contribution in [1.82, 2.24) is 9.97 Å². The number of nitrogens with zero attached hydrogens (tertiary/aromatic N) is 2. The third kappa shape index (κ3) is 3.35. The van der Waals surface area contributed by atoms with Gasteiger partial charge in [-0.3, -0.25) is 0 Å². The van der Waals surface area contributed by atoms with Crippen LogP contribution in [0, 0.1) is 0 Å². The minimum atomic E-state index is -1.49. The van der Waals surface area contributed by atoms with E-state index in [0.717, 1.165) is 55.1 Å². The highest BCUT2D eigenvalue weighted by atomic mass is 16.4. The van der Waals surface area contributed by atoms with Gasteiger partial charge in [-0.1, -0.05) is 91.0 Å². The second-order valence-electron chi connectivity index (χ2n) is 8.10. The lowest BCUT2D eigenvalue weighted by atomic mass is 9.79. The summed E-state index contributed by atoms with van der Waals surface area (Å²) in [5.41, 5.74) is 7.09. The first-order chi connectivity index (χ1) is 16.2. The van der Waals surface area contributed by atoms with Crippen molar-refractivity contribution in [3.63, 3.8) is 0 Å². The van der Waals surface area contributed by atoms with E-state index < -0.39 is 7.12 Å². The van der Waals surface area contributed by atoms with Crippen molar-refractivity contribution in [2.75, 3.05) is 0 Å². The first-order valence-electron chi connectivity index (χ1n) is 10.8. The SMILES string of the molecule is OB(O)c1ccc(-c2c3ccccc3nc3c2ccc2ccc(-c4ccccc4)nc23)cc1. The Balaban J connectivity index is 1.68. The van der Waals surface area contributed by atoms with Crippen LogP contribution in [-0.4, -0.2) is 27.1 Å². The molecule has 2 heterocycles. The molecular weight excluding hydrogens is 407 g/mol. The summed E-state index contributed by atoms with van der Waals surface area (Å²) in [6.45, 7) is 0. The van der Waals surface area contributed by atoms with E-state index in [1.54, 1.807) is 12.1 Å². The molecule has 0 bridgehead atoms. The summed E-state index contributed by atoms with van der Waals surface area (Å²) >= 11 is 0. The third-order valence-corrected chi connectivity index (χ3v) is 6.08. The van der Waals surface area contributed by atoms with Crippen molar-refractivity contribution < 1.29 is 10.0 Å². The maximum absolute atomic E-state index is 9.50. The van der Waals surface area contributed by atoms with Crippen molar-refractivity contribution in [3.8, 4) is 22.4 Å². The molecule has 0 saturated carbocycles. The maximum Gasteiger partial charge on any atom is 0.488 e. The highest BCUT2D eigenvalue weighted by Gasteiger charge is 2.16. The van der Waals surface area contributed by atoms with Gasteiger partial charge in [0.15, 0.2) is 0 Å². The van der Waals surface area contributed by atoms with Crippen LogP contribution in [0.5, 0.6) is 0 Å². The molecule has 6 rings (SSSR count). The van der Waals surface area contributed by atoms with Crippen LogP contribution >= 0.6 is 0 Å². The molecule has 0 amide bonds. The fourth-order valence-electron chi connectivity index (χ4n) is 4.44. The third-order valence-electron chi connectivity index (χ3n) is 6.08. The molecule has 33 heavy (non-hydrogen) atoms. The average molecular weight is 426 g/mol. The van der Waals surface area contributed by atoms with Gasteiger partial charge in [0.25, 0.3) is 0 Å². The Morgan fingerprint density at radius 2 is 1.27 bits per heavy atom. The average Bonchev–Trinajstić information content (AvgIpc) is 2.87. The standard InChI is InChI=1S/C28H19BN2O2/c32-29(33)21-14-10-19(11-15-21)26-22-8-4-5-9-25(22)31-28-23(26)16-12-20-13-17-24(30-27(20)28)18-6-2-1-3-7-18/h1-17,32-33H. The lowest BCUT2D eigenvalue weighted by Crippen LogP contribution is -2.29. The molecule has 0 aliphatic heterocycles. The van der Waals surface area contributed by atoms with Crippen molar-refractivity contribution in [2.45, 2.75) is 0 Å². The Morgan fingerprint density at radius 1 is 0.545 bits per heavy atom. The number of benzene rings is 4. The first-order valence-corrected chi connectivity index (χ1v) is 10.8. The zero-order valence-electron chi connectivity index (χ0n) is 17.7. The second-order valence-corrected chi connectivity index (χ2v) is 8.10. The summed E-state index contributed by atoms with van der Waals surface area (Å²) in [5.74, 6) is 0. The van der Waals surface area contributed by atoms with E-state index in [1.165, 1.54) is 0 Å². The van der Waals surface area contributed by atoms with Gasteiger partial charge in [0.05, 0.1) is 22.2 Å². The van der Waals surface area contributed by atoms with E-state index in [1.807, 2.05) is 54.6 Å². The van der Waals surface area contributed by atoms with Crippen LogP contribution in [-0.2, 0) is 0 Å². The molecule has 2 N–H and O–H groups in total. The van der Waals surface area contributed by atoms with Gasteiger partial charge in [-0.15, -0.1) is 0 Å². The first kappa shape index (κ1) is 19.6. The van der Waals surface area contributed by atoms with Gasteiger partial charge < -0.3 is 10.0 Å². The fourth-order valence-corrected chi connectivity index (χ4v) is 4.44. The molecule has 4 nitrogen and oxygen atoms in total. The number of hydrogen-bond donors (Lipinski definition) is 2. The molecule has 156 valence electrons. The van der Waals surface area contributed by atoms with Crippen LogP contribution in [0.25, 0.3) is 55.1 Å². The van der Waals surface area contributed by atoms with Crippen molar-refractivity contribution in [1.29, 1.82) is 0 Å². The van der Waals surface area contributed by atoms with Gasteiger partial charge in [0, 0.05) is 27.3 Å². The molecule has 0 unspecified atom stereocenters. The monoisotopic (exact) mass is 426 g/mol. The summed E-state index contributed by atoms with van der Waals surface area (Å²) in [5, 5.41) is 22.1. The summed E-state index contributed by atoms with van der Waals surface area (Å²) in [7, 11) is -1.49. The lowest BCUT2D eigenvalue weighted by Gasteiger charge is -2.14. The van der Waals surface area contributed by atoms with E-state index in [9.17, 15) is 10.0 Å². The Bertz CT molecular complexity index is 1630. The quantitative estimate of drug-likeness (QED) is 0.239. The number of fused-ring (bicyclic) bond motifs is 4. The van der Waals surface area contributed by atoms with Crippen molar-refractivity contribution in [3.05, 3.63) is 103 Å². The zero-order chi connectivity index (χ0) is 22.4. The number of hydrogen-bond acceptors (Lipinski definition) is 4. The molecule has 0 saturated heterocycles. The Morgan fingerprint density at radius 3 is 2.06 bits per heavy atom. The molecule has 0 spiro atoms. The number of pyridine rings is 2. The molecule has 4 aromatic carbocycles. The van der Waals surface area contributed by atoms with Crippen molar-refractivity contribution >= 4 is 45.3 Å². The molecule has 0 aliphatic carbocycles. The molecule has 0 radical (unpaired) electrons. The van der Waals surface area contributed by atoms with Gasteiger partial charge in [0.2, 0.25) is 0 Å². The smallest absolute Gasteiger partial charge is 0.423 e. The molecule has 0 aliphatic rings.